The molecule has 2 aromatic heterocycles. The monoisotopic (exact) mass is 346 g/mol. The number of allylic oxidation sites excluding steroid dienone is 3. The van der Waals surface area contributed by atoms with Crippen LogP contribution in [-0.4, -0.2) is 39.4 Å². The van der Waals surface area contributed by atoms with Crippen LogP contribution in [0.4, 0.5) is 5.69 Å². The number of aliphatic imine (C=N–C) groups is 1. The van der Waals surface area contributed by atoms with Gasteiger partial charge in [-0.15, -0.1) is 5.10 Å². The van der Waals surface area contributed by atoms with Crippen LogP contribution in [-0.2, 0) is 4.79 Å². The zero-order valence-electron chi connectivity index (χ0n) is 12.9. The van der Waals surface area contributed by atoms with E-state index in [1.54, 1.807) is 23.7 Å². The molecule has 7 nitrogen and oxygen atoms in total. The molecule has 124 valence electrons. The van der Waals surface area contributed by atoms with Crippen molar-refractivity contribution in [1.82, 2.24) is 9.61 Å². The molecule has 0 spiro atoms. The molecule has 24 heavy (non-hydrogen) atoms. The third-order valence-corrected chi connectivity index (χ3v) is 3.84. The van der Waals surface area contributed by atoms with Gasteiger partial charge < -0.3 is 15.6 Å². The minimum atomic E-state index is -0.315. The zero-order chi connectivity index (χ0) is 17.3. The van der Waals surface area contributed by atoms with Crippen molar-refractivity contribution < 1.29 is 14.6 Å². The first-order valence-electron chi connectivity index (χ1n) is 7.21. The summed E-state index contributed by atoms with van der Waals surface area (Å²) in [5.74, 6) is -0.0561. The van der Waals surface area contributed by atoms with Crippen molar-refractivity contribution in [3.8, 4) is 5.88 Å². The lowest BCUT2D eigenvalue weighted by molar-refractivity contribution is -0.111. The highest BCUT2D eigenvalue weighted by atomic mass is 35.5. The van der Waals surface area contributed by atoms with Gasteiger partial charge in [-0.25, -0.2) is 9.51 Å². The van der Waals surface area contributed by atoms with Crippen molar-refractivity contribution >= 4 is 34.3 Å². The predicted octanol–water partition coefficient (Wildman–Crippen LogP) is 1.72. The van der Waals surface area contributed by atoms with Gasteiger partial charge in [0, 0.05) is 11.8 Å². The van der Waals surface area contributed by atoms with Gasteiger partial charge in [0.1, 0.15) is 11.6 Å². The maximum atomic E-state index is 11.8. The summed E-state index contributed by atoms with van der Waals surface area (Å²) in [6.07, 6.45) is 3.33. The van der Waals surface area contributed by atoms with Gasteiger partial charge in [-0.1, -0.05) is 17.7 Å². The Hall–Kier alpha value is -2.64. The second kappa shape index (κ2) is 6.46. The van der Waals surface area contributed by atoms with Crippen molar-refractivity contribution in [1.29, 1.82) is 0 Å². The van der Waals surface area contributed by atoms with Crippen LogP contribution in [0.5, 0.6) is 5.88 Å². The number of aliphatic hydroxyl groups is 1. The van der Waals surface area contributed by atoms with Crippen LogP contribution in [0.15, 0.2) is 51.8 Å². The van der Waals surface area contributed by atoms with Crippen LogP contribution in [0.3, 0.4) is 0 Å². The van der Waals surface area contributed by atoms with Crippen LogP contribution < -0.4 is 10.5 Å². The molecular weight excluding hydrogens is 332 g/mol. The number of carbonyl (C=O) groups excluding carboxylic acids is 1. The molecular formula is C16H15ClN4O3. The summed E-state index contributed by atoms with van der Waals surface area (Å²) in [6.45, 7) is 1.58. The van der Waals surface area contributed by atoms with E-state index in [0.717, 1.165) is 0 Å². The Bertz CT molecular complexity index is 911. The number of pyridine rings is 1. The van der Waals surface area contributed by atoms with E-state index < -0.39 is 0 Å². The first-order valence-corrected chi connectivity index (χ1v) is 7.59. The Kier molecular flexibility index (Phi) is 4.37. The normalized spacial score (nSPS) is 16.9. The van der Waals surface area contributed by atoms with Gasteiger partial charge in [-0.2, -0.15) is 0 Å². The van der Waals surface area contributed by atoms with Gasteiger partial charge in [0.15, 0.2) is 5.69 Å². The largest absolute Gasteiger partial charge is 0.473 e. The molecule has 0 unspecified atom stereocenters. The molecule has 0 aromatic carbocycles. The van der Waals surface area contributed by atoms with Crippen molar-refractivity contribution in [3.05, 3.63) is 46.8 Å². The molecule has 0 fully saturated rings. The second-order valence-corrected chi connectivity index (χ2v) is 5.52. The SMILES string of the molecule is CC1=C/C(=N\c2c(OCCO)nn3ccccc23)C(N)=C(Cl)C1=O. The highest BCUT2D eigenvalue weighted by molar-refractivity contribution is 6.49. The molecule has 2 heterocycles. The first-order chi connectivity index (χ1) is 11.5. The number of ketones is 1. The quantitative estimate of drug-likeness (QED) is 0.820. The number of fused-ring (bicyclic) bond motifs is 1. The van der Waals surface area contributed by atoms with E-state index in [4.69, 9.17) is 27.2 Å². The molecule has 3 rings (SSSR count). The number of carbonyl (C=O) groups is 1. The molecule has 8 heteroatoms. The van der Waals surface area contributed by atoms with Gasteiger partial charge in [0.05, 0.1) is 23.5 Å². The highest BCUT2D eigenvalue weighted by Gasteiger charge is 2.23. The number of nitrogens with zero attached hydrogens (tertiary/aromatic N) is 3. The lowest BCUT2D eigenvalue weighted by atomic mass is 10.0. The van der Waals surface area contributed by atoms with Crippen LogP contribution in [0.25, 0.3) is 5.52 Å². The first kappa shape index (κ1) is 16.2. The number of aromatic nitrogens is 2. The average Bonchev–Trinajstić information content (AvgIpc) is 2.93. The summed E-state index contributed by atoms with van der Waals surface area (Å²) in [5, 5.41) is 13.2. The van der Waals surface area contributed by atoms with Crippen LogP contribution in [0.2, 0.25) is 0 Å². The van der Waals surface area contributed by atoms with E-state index in [0.29, 0.717) is 22.5 Å². The zero-order valence-corrected chi connectivity index (χ0v) is 13.6. The Morgan fingerprint density at radius 3 is 3.00 bits per heavy atom. The minimum absolute atomic E-state index is 0.0527. The molecule has 0 atom stereocenters. The lowest BCUT2D eigenvalue weighted by Gasteiger charge is -2.12. The number of ether oxygens (including phenoxy) is 1. The summed E-state index contributed by atoms with van der Waals surface area (Å²) in [5.41, 5.74) is 8.00. The van der Waals surface area contributed by atoms with Crippen molar-refractivity contribution in [2.75, 3.05) is 13.2 Å². The molecule has 0 saturated carbocycles. The molecule has 0 aliphatic heterocycles. The van der Waals surface area contributed by atoms with Gasteiger partial charge in [-0.05, 0) is 25.1 Å². The second-order valence-electron chi connectivity index (χ2n) is 5.14. The maximum Gasteiger partial charge on any atom is 0.260 e. The Morgan fingerprint density at radius 2 is 2.25 bits per heavy atom. The fourth-order valence-corrected chi connectivity index (χ4v) is 2.52. The van der Waals surface area contributed by atoms with E-state index in [1.807, 2.05) is 18.2 Å². The predicted molar refractivity (Wildman–Crippen MR) is 90.7 cm³/mol. The number of hydrogen-bond donors (Lipinski definition) is 2. The third-order valence-electron chi connectivity index (χ3n) is 3.47. The summed E-state index contributed by atoms with van der Waals surface area (Å²) in [6, 6.07) is 5.49. The molecule has 0 saturated heterocycles. The van der Waals surface area contributed by atoms with Crippen LogP contribution in [0.1, 0.15) is 6.92 Å². The molecule has 2 aromatic rings. The maximum absolute atomic E-state index is 11.8. The Balaban J connectivity index is 2.16. The Labute approximate surface area is 142 Å². The summed E-state index contributed by atoms with van der Waals surface area (Å²) in [4.78, 5) is 16.3. The van der Waals surface area contributed by atoms with E-state index in [-0.39, 0.29) is 35.6 Å². The number of aliphatic hydroxyl groups excluding tert-OH is 1. The van der Waals surface area contributed by atoms with E-state index in [1.165, 1.54) is 0 Å². The summed E-state index contributed by atoms with van der Waals surface area (Å²) in [7, 11) is 0. The molecule has 0 amide bonds. The standard InChI is InChI=1S/C16H15ClN4O3/c1-9-8-10(13(18)12(17)15(9)23)19-14-11-4-2-3-5-21(11)20-16(14)24-7-6-22/h2-5,8,22H,6-7,18H2,1H3/b19-10+. The number of nitrogens with two attached hydrogens (primary N) is 1. The molecule has 0 bridgehead atoms. The van der Waals surface area contributed by atoms with Gasteiger partial charge >= 0.3 is 0 Å². The smallest absolute Gasteiger partial charge is 0.260 e. The Morgan fingerprint density at radius 1 is 1.46 bits per heavy atom. The minimum Gasteiger partial charge on any atom is -0.473 e. The number of Topliss-reactive ketones (excluding diaryl/α,β-unsaturated/α-hetero) is 1. The van der Waals surface area contributed by atoms with Crippen molar-refractivity contribution in [2.45, 2.75) is 6.92 Å². The van der Waals surface area contributed by atoms with Gasteiger partial charge in [0.25, 0.3) is 5.88 Å². The summed E-state index contributed by atoms with van der Waals surface area (Å²) < 4.78 is 7.07. The van der Waals surface area contributed by atoms with Crippen molar-refractivity contribution in [2.24, 2.45) is 10.7 Å². The van der Waals surface area contributed by atoms with Gasteiger partial charge in [-0.3, -0.25) is 4.79 Å². The number of hydrogen-bond acceptors (Lipinski definition) is 6. The molecule has 3 N–H and O–H groups in total. The fourth-order valence-electron chi connectivity index (χ4n) is 2.28. The fraction of sp³-hybridized carbons (Fsp3) is 0.188. The molecule has 1 aliphatic carbocycles. The number of rotatable bonds is 4. The summed E-state index contributed by atoms with van der Waals surface area (Å²) >= 11 is 5.99. The van der Waals surface area contributed by atoms with Crippen molar-refractivity contribution in [3.63, 3.8) is 0 Å². The average molecular weight is 347 g/mol. The lowest BCUT2D eigenvalue weighted by Crippen LogP contribution is -2.20. The van der Waals surface area contributed by atoms with Gasteiger partial charge in [0.2, 0.25) is 5.78 Å². The molecule has 1 aliphatic rings. The molecule has 0 radical (unpaired) electrons. The third kappa shape index (κ3) is 2.79. The van der Waals surface area contributed by atoms with Crippen LogP contribution in [0, 0.1) is 0 Å². The van der Waals surface area contributed by atoms with E-state index >= 15 is 0 Å². The highest BCUT2D eigenvalue weighted by Crippen LogP contribution is 2.33. The van der Waals surface area contributed by atoms with E-state index in [2.05, 4.69) is 10.1 Å². The van der Waals surface area contributed by atoms with E-state index in [9.17, 15) is 4.79 Å². The van der Waals surface area contributed by atoms with Crippen LogP contribution >= 0.6 is 11.6 Å². The topological polar surface area (TPSA) is 102 Å². The number of halogens is 1.